The largest absolute Gasteiger partial charge is 0.490 e. The average Bonchev–Trinajstić information content (AvgIpc) is 2.72. The first-order valence-corrected chi connectivity index (χ1v) is 12.8. The zero-order valence-corrected chi connectivity index (χ0v) is 20.5. The van der Waals surface area contributed by atoms with Crippen molar-refractivity contribution in [1.82, 2.24) is 5.32 Å². The van der Waals surface area contributed by atoms with Crippen LogP contribution in [0.15, 0.2) is 40.9 Å². The van der Waals surface area contributed by atoms with Gasteiger partial charge in [0.2, 0.25) is 0 Å². The molecule has 0 amide bonds. The number of hydrogen-bond donors (Lipinski definition) is 1. The minimum atomic E-state index is 0.358. The van der Waals surface area contributed by atoms with Crippen LogP contribution in [0.25, 0.3) is 0 Å². The molecule has 4 bridgehead atoms. The molecule has 6 rings (SSSR count). The first-order chi connectivity index (χ1) is 15.0. The van der Waals surface area contributed by atoms with Gasteiger partial charge < -0.3 is 14.8 Å². The van der Waals surface area contributed by atoms with E-state index in [2.05, 4.69) is 33.4 Å². The number of benzene rings is 2. The number of halogens is 2. The number of hydrogen-bond acceptors (Lipinski definition) is 3. The van der Waals surface area contributed by atoms with E-state index in [-0.39, 0.29) is 0 Å². The summed E-state index contributed by atoms with van der Waals surface area (Å²) in [5, 5.41) is 4.73. The van der Waals surface area contributed by atoms with Crippen LogP contribution in [0.5, 0.6) is 11.5 Å². The van der Waals surface area contributed by atoms with Crippen molar-refractivity contribution in [3.05, 3.63) is 57.0 Å². The second-order valence-electron chi connectivity index (χ2n) is 9.80. The third-order valence-electron chi connectivity index (χ3n) is 7.37. The fourth-order valence-corrected chi connectivity index (χ4v) is 7.21. The standard InChI is InChI=1S/C26H31BrClNO2/c1-2-30-24-11-21(10-23(27)25(24)31-16-17-3-5-22(28)6-4-17)15-29-26-12-18-7-19(13-26)9-20(8-18)14-26/h3-6,10-11,18-20,29H,2,7-9,12-16H2,1H3. The van der Waals surface area contributed by atoms with Crippen LogP contribution < -0.4 is 14.8 Å². The Labute approximate surface area is 199 Å². The zero-order chi connectivity index (χ0) is 21.4. The molecule has 166 valence electrons. The highest BCUT2D eigenvalue weighted by atomic mass is 79.9. The Bertz CT molecular complexity index is 894. The van der Waals surface area contributed by atoms with E-state index in [1.165, 1.54) is 44.1 Å². The van der Waals surface area contributed by atoms with Crippen molar-refractivity contribution in [2.24, 2.45) is 17.8 Å². The summed E-state index contributed by atoms with van der Waals surface area (Å²) in [4.78, 5) is 0. The van der Waals surface area contributed by atoms with Gasteiger partial charge in [0.05, 0.1) is 11.1 Å². The normalized spacial score (nSPS) is 28.7. The number of rotatable bonds is 8. The molecule has 0 aliphatic heterocycles. The summed E-state index contributed by atoms with van der Waals surface area (Å²) in [5.74, 6) is 4.41. The highest BCUT2D eigenvalue weighted by Crippen LogP contribution is 2.55. The van der Waals surface area contributed by atoms with Gasteiger partial charge in [-0.25, -0.2) is 0 Å². The molecule has 1 N–H and O–H groups in total. The lowest BCUT2D eigenvalue weighted by atomic mass is 9.53. The SMILES string of the molecule is CCOc1cc(CNC23CC4CC(CC(C4)C2)C3)cc(Br)c1OCc1ccc(Cl)cc1. The third kappa shape index (κ3) is 4.77. The van der Waals surface area contributed by atoms with Crippen LogP contribution >= 0.6 is 27.5 Å². The highest BCUT2D eigenvalue weighted by molar-refractivity contribution is 9.10. The minimum Gasteiger partial charge on any atom is -0.490 e. The van der Waals surface area contributed by atoms with Crippen LogP contribution in [-0.4, -0.2) is 12.1 Å². The molecule has 0 spiro atoms. The van der Waals surface area contributed by atoms with Crippen molar-refractivity contribution in [2.75, 3.05) is 6.61 Å². The predicted molar refractivity (Wildman–Crippen MR) is 129 cm³/mol. The van der Waals surface area contributed by atoms with Gasteiger partial charge >= 0.3 is 0 Å². The summed E-state index contributed by atoms with van der Waals surface area (Å²) in [6, 6.07) is 12.1. The van der Waals surface area contributed by atoms with E-state index in [4.69, 9.17) is 21.1 Å². The summed E-state index contributed by atoms with van der Waals surface area (Å²) < 4.78 is 13.0. The maximum absolute atomic E-state index is 6.14. The number of nitrogens with one attached hydrogen (secondary N) is 1. The van der Waals surface area contributed by atoms with Crippen LogP contribution in [0.2, 0.25) is 5.02 Å². The molecule has 4 aliphatic rings. The van der Waals surface area contributed by atoms with E-state index in [1.54, 1.807) is 0 Å². The maximum Gasteiger partial charge on any atom is 0.175 e. The Morgan fingerprint density at radius 1 is 0.968 bits per heavy atom. The van der Waals surface area contributed by atoms with Crippen LogP contribution in [0.1, 0.15) is 56.6 Å². The molecule has 0 saturated heterocycles. The molecular weight excluding hydrogens is 474 g/mol. The highest BCUT2D eigenvalue weighted by Gasteiger charge is 2.50. The Balaban J connectivity index is 1.29. The van der Waals surface area contributed by atoms with E-state index in [1.807, 2.05) is 31.2 Å². The molecule has 5 heteroatoms. The summed E-state index contributed by atoms with van der Waals surface area (Å²) in [7, 11) is 0. The van der Waals surface area contributed by atoms with E-state index in [0.29, 0.717) is 18.8 Å². The van der Waals surface area contributed by atoms with E-state index < -0.39 is 0 Å². The molecule has 4 saturated carbocycles. The van der Waals surface area contributed by atoms with E-state index in [9.17, 15) is 0 Å². The van der Waals surface area contributed by atoms with Crippen LogP contribution in [-0.2, 0) is 13.2 Å². The van der Waals surface area contributed by atoms with Gasteiger partial charge in [0.15, 0.2) is 11.5 Å². The second-order valence-corrected chi connectivity index (χ2v) is 11.1. The molecule has 2 aromatic rings. The topological polar surface area (TPSA) is 30.5 Å². The predicted octanol–water partition coefficient (Wildman–Crippen LogP) is 7.14. The third-order valence-corrected chi connectivity index (χ3v) is 8.21. The summed E-state index contributed by atoms with van der Waals surface area (Å²) in [5.41, 5.74) is 2.67. The lowest BCUT2D eigenvalue weighted by Gasteiger charge is -2.57. The lowest BCUT2D eigenvalue weighted by Crippen LogP contribution is -2.58. The van der Waals surface area contributed by atoms with Gasteiger partial charge in [-0.05, 0) is 115 Å². The lowest BCUT2D eigenvalue weighted by molar-refractivity contribution is -0.0206. The van der Waals surface area contributed by atoms with Gasteiger partial charge in [-0.2, -0.15) is 0 Å². The zero-order valence-electron chi connectivity index (χ0n) is 18.1. The van der Waals surface area contributed by atoms with E-state index in [0.717, 1.165) is 50.9 Å². The molecule has 31 heavy (non-hydrogen) atoms. The molecule has 0 atom stereocenters. The van der Waals surface area contributed by atoms with Crippen LogP contribution in [0.4, 0.5) is 0 Å². The molecule has 3 nitrogen and oxygen atoms in total. The van der Waals surface area contributed by atoms with Crippen molar-refractivity contribution < 1.29 is 9.47 Å². The molecule has 0 aromatic heterocycles. The van der Waals surface area contributed by atoms with Gasteiger partial charge in [-0.1, -0.05) is 23.7 Å². The fourth-order valence-electron chi connectivity index (χ4n) is 6.48. The summed E-state index contributed by atoms with van der Waals surface area (Å²) >= 11 is 9.72. The fraction of sp³-hybridized carbons (Fsp3) is 0.538. The monoisotopic (exact) mass is 503 g/mol. The van der Waals surface area contributed by atoms with E-state index >= 15 is 0 Å². The minimum absolute atomic E-state index is 0.358. The first-order valence-electron chi connectivity index (χ1n) is 11.6. The van der Waals surface area contributed by atoms with Crippen LogP contribution in [0.3, 0.4) is 0 Å². The van der Waals surface area contributed by atoms with Crippen molar-refractivity contribution >= 4 is 27.5 Å². The van der Waals surface area contributed by atoms with Crippen molar-refractivity contribution in [2.45, 2.75) is 64.1 Å². The quantitative estimate of drug-likeness (QED) is 0.414. The number of ether oxygens (including phenoxy) is 2. The Hall–Kier alpha value is -1.23. The Morgan fingerprint density at radius 3 is 2.23 bits per heavy atom. The van der Waals surface area contributed by atoms with Gasteiger partial charge in [0.25, 0.3) is 0 Å². The second kappa shape index (κ2) is 8.96. The first kappa shape index (κ1) is 21.6. The van der Waals surface area contributed by atoms with Crippen molar-refractivity contribution in [3.63, 3.8) is 0 Å². The smallest absolute Gasteiger partial charge is 0.175 e. The molecule has 4 fully saturated rings. The van der Waals surface area contributed by atoms with Gasteiger partial charge in [-0.15, -0.1) is 0 Å². The van der Waals surface area contributed by atoms with Crippen LogP contribution in [0, 0.1) is 17.8 Å². The molecule has 4 aliphatic carbocycles. The maximum atomic E-state index is 6.14. The molecule has 0 unspecified atom stereocenters. The van der Waals surface area contributed by atoms with Crippen molar-refractivity contribution in [1.29, 1.82) is 0 Å². The van der Waals surface area contributed by atoms with Crippen molar-refractivity contribution in [3.8, 4) is 11.5 Å². The van der Waals surface area contributed by atoms with Gasteiger partial charge in [-0.3, -0.25) is 0 Å². The Kier molecular flexibility index (Phi) is 6.24. The molecule has 0 heterocycles. The summed E-state index contributed by atoms with van der Waals surface area (Å²) in [6.45, 7) is 3.97. The van der Waals surface area contributed by atoms with Gasteiger partial charge in [0, 0.05) is 17.1 Å². The summed E-state index contributed by atoms with van der Waals surface area (Å²) in [6.07, 6.45) is 8.50. The molecular formula is C26H31BrClNO2. The molecule has 2 aromatic carbocycles. The Morgan fingerprint density at radius 2 is 1.61 bits per heavy atom. The average molecular weight is 505 g/mol. The van der Waals surface area contributed by atoms with Gasteiger partial charge in [0.1, 0.15) is 6.61 Å². The molecule has 0 radical (unpaired) electrons.